The fourth-order valence-electron chi connectivity index (χ4n) is 2.29. The van der Waals surface area contributed by atoms with Gasteiger partial charge in [-0.15, -0.1) is 0 Å². The number of rotatable bonds is 8. The van der Waals surface area contributed by atoms with Gasteiger partial charge in [0, 0.05) is 20.1 Å². The van der Waals surface area contributed by atoms with Gasteiger partial charge >= 0.3 is 12.0 Å². The number of carboxylic acid groups (broad SMARTS) is 1. The van der Waals surface area contributed by atoms with Crippen molar-refractivity contribution in [2.75, 3.05) is 13.7 Å². The molecule has 1 aromatic carbocycles. The minimum absolute atomic E-state index is 0.206. The van der Waals surface area contributed by atoms with Crippen LogP contribution in [0.25, 0.3) is 0 Å². The molecule has 134 valence electrons. The van der Waals surface area contributed by atoms with E-state index in [-0.39, 0.29) is 30.8 Å². The minimum Gasteiger partial charge on any atom is -0.478 e. The Balaban J connectivity index is 1.91. The molecule has 0 aliphatic heterocycles. The number of aryl methyl sites for hydroxylation is 1. The molecule has 1 heterocycles. The standard InChI is InChI=1S/C18H22N2O5/c1-3-14-8-9-16(25-14)15(11-24-2)20-18(23)19-10-12-4-6-13(7-5-12)17(21)22/h4-9,15H,3,10-11H2,1-2H3,(H,21,22)(H2,19,20,23). The first-order chi connectivity index (χ1) is 12.0. The number of furan rings is 1. The van der Waals surface area contributed by atoms with Crippen LogP contribution in [0.1, 0.15) is 40.4 Å². The number of methoxy groups -OCH3 is 1. The molecule has 25 heavy (non-hydrogen) atoms. The van der Waals surface area contributed by atoms with Gasteiger partial charge in [0.2, 0.25) is 0 Å². The lowest BCUT2D eigenvalue weighted by atomic mass is 10.1. The summed E-state index contributed by atoms with van der Waals surface area (Å²) < 4.78 is 10.8. The number of amides is 2. The Kier molecular flexibility index (Phi) is 6.59. The zero-order chi connectivity index (χ0) is 18.2. The van der Waals surface area contributed by atoms with Gasteiger partial charge in [0.1, 0.15) is 17.6 Å². The number of hydrogen-bond donors (Lipinski definition) is 3. The number of urea groups is 1. The Labute approximate surface area is 146 Å². The number of ether oxygens (including phenoxy) is 1. The van der Waals surface area contributed by atoms with Crippen LogP contribution in [0, 0.1) is 0 Å². The Morgan fingerprint density at radius 2 is 1.92 bits per heavy atom. The van der Waals surface area contributed by atoms with Crippen molar-refractivity contribution in [3.63, 3.8) is 0 Å². The van der Waals surface area contributed by atoms with Crippen LogP contribution < -0.4 is 10.6 Å². The van der Waals surface area contributed by atoms with Gasteiger partial charge in [-0.25, -0.2) is 9.59 Å². The van der Waals surface area contributed by atoms with Gasteiger partial charge in [-0.2, -0.15) is 0 Å². The molecule has 3 N–H and O–H groups in total. The summed E-state index contributed by atoms with van der Waals surface area (Å²) in [5, 5.41) is 14.4. The zero-order valence-corrected chi connectivity index (χ0v) is 14.2. The van der Waals surface area contributed by atoms with Crippen LogP contribution in [-0.4, -0.2) is 30.8 Å². The van der Waals surface area contributed by atoms with Gasteiger partial charge in [0.05, 0.1) is 12.2 Å². The van der Waals surface area contributed by atoms with E-state index in [1.807, 2.05) is 19.1 Å². The minimum atomic E-state index is -0.982. The molecule has 0 aliphatic rings. The van der Waals surface area contributed by atoms with E-state index in [1.54, 1.807) is 19.2 Å². The topological polar surface area (TPSA) is 101 Å². The summed E-state index contributed by atoms with van der Waals surface area (Å²) in [6.45, 7) is 2.56. The van der Waals surface area contributed by atoms with Crippen molar-refractivity contribution in [3.8, 4) is 0 Å². The lowest BCUT2D eigenvalue weighted by Crippen LogP contribution is -2.39. The lowest BCUT2D eigenvalue weighted by Gasteiger charge is -2.16. The van der Waals surface area contributed by atoms with E-state index in [9.17, 15) is 9.59 Å². The summed E-state index contributed by atoms with van der Waals surface area (Å²) in [4.78, 5) is 22.9. The predicted molar refractivity (Wildman–Crippen MR) is 91.5 cm³/mol. The molecular weight excluding hydrogens is 324 g/mol. The predicted octanol–water partition coefficient (Wildman–Crippen LogP) is 2.73. The second-order valence-corrected chi connectivity index (χ2v) is 5.49. The Morgan fingerprint density at radius 3 is 2.48 bits per heavy atom. The summed E-state index contributed by atoms with van der Waals surface area (Å²) >= 11 is 0. The molecule has 0 saturated carbocycles. The lowest BCUT2D eigenvalue weighted by molar-refractivity contribution is 0.0697. The van der Waals surface area contributed by atoms with Crippen LogP contribution in [0.3, 0.4) is 0 Å². The monoisotopic (exact) mass is 346 g/mol. The number of hydrogen-bond acceptors (Lipinski definition) is 4. The molecule has 7 nitrogen and oxygen atoms in total. The van der Waals surface area contributed by atoms with Crippen molar-refractivity contribution in [1.82, 2.24) is 10.6 Å². The highest BCUT2D eigenvalue weighted by atomic mass is 16.5. The Morgan fingerprint density at radius 1 is 1.20 bits per heavy atom. The average molecular weight is 346 g/mol. The van der Waals surface area contributed by atoms with Crippen molar-refractivity contribution in [2.24, 2.45) is 0 Å². The van der Waals surface area contributed by atoms with Gasteiger partial charge in [-0.1, -0.05) is 19.1 Å². The highest BCUT2D eigenvalue weighted by Crippen LogP contribution is 2.17. The molecule has 0 saturated heterocycles. The normalized spacial score (nSPS) is 11.8. The number of nitrogens with one attached hydrogen (secondary N) is 2. The SMILES string of the molecule is CCc1ccc(C(COC)NC(=O)NCc2ccc(C(=O)O)cc2)o1. The highest BCUT2D eigenvalue weighted by Gasteiger charge is 2.18. The average Bonchev–Trinajstić information content (AvgIpc) is 3.09. The number of carbonyl (C=O) groups is 2. The van der Waals surface area contributed by atoms with Crippen molar-refractivity contribution in [2.45, 2.75) is 25.9 Å². The van der Waals surface area contributed by atoms with E-state index in [4.69, 9.17) is 14.3 Å². The molecule has 0 bridgehead atoms. The first kappa shape index (κ1) is 18.5. The van der Waals surface area contributed by atoms with Crippen LogP contribution >= 0.6 is 0 Å². The molecule has 1 aromatic heterocycles. The molecule has 2 amide bonds. The van der Waals surface area contributed by atoms with E-state index < -0.39 is 5.97 Å². The molecule has 2 rings (SSSR count). The van der Waals surface area contributed by atoms with Crippen LogP contribution in [0.5, 0.6) is 0 Å². The van der Waals surface area contributed by atoms with Crippen molar-refractivity contribution < 1.29 is 23.8 Å². The second-order valence-electron chi connectivity index (χ2n) is 5.49. The molecule has 1 unspecified atom stereocenters. The number of benzene rings is 1. The smallest absolute Gasteiger partial charge is 0.335 e. The molecule has 0 aliphatic carbocycles. The first-order valence-electron chi connectivity index (χ1n) is 7.97. The molecule has 0 fully saturated rings. The summed E-state index contributed by atoms with van der Waals surface area (Å²) in [5.41, 5.74) is 1.01. The summed E-state index contributed by atoms with van der Waals surface area (Å²) in [6, 6.07) is 9.28. The Bertz CT molecular complexity index is 709. The summed E-state index contributed by atoms with van der Waals surface area (Å²) in [7, 11) is 1.56. The first-order valence-corrected chi connectivity index (χ1v) is 7.97. The fraction of sp³-hybridized carbons (Fsp3) is 0.333. The molecular formula is C18H22N2O5. The summed E-state index contributed by atoms with van der Waals surface area (Å²) in [5.74, 6) is 0.501. The van der Waals surface area contributed by atoms with Crippen LogP contribution in [0.2, 0.25) is 0 Å². The number of aromatic carboxylic acids is 1. The van der Waals surface area contributed by atoms with Crippen molar-refractivity contribution in [3.05, 3.63) is 59.0 Å². The van der Waals surface area contributed by atoms with E-state index >= 15 is 0 Å². The maximum absolute atomic E-state index is 12.1. The van der Waals surface area contributed by atoms with Gasteiger partial charge in [-0.05, 0) is 29.8 Å². The van der Waals surface area contributed by atoms with Crippen LogP contribution in [0.15, 0.2) is 40.8 Å². The zero-order valence-electron chi connectivity index (χ0n) is 14.2. The molecule has 2 aromatic rings. The second kappa shape index (κ2) is 8.89. The van der Waals surface area contributed by atoms with Crippen molar-refractivity contribution in [1.29, 1.82) is 0 Å². The maximum atomic E-state index is 12.1. The van der Waals surface area contributed by atoms with Gasteiger partial charge in [0.15, 0.2) is 0 Å². The molecule has 1 atom stereocenters. The number of carbonyl (C=O) groups excluding carboxylic acids is 1. The van der Waals surface area contributed by atoms with Gasteiger partial charge < -0.3 is 24.9 Å². The third kappa shape index (κ3) is 5.36. The third-order valence-corrected chi connectivity index (χ3v) is 3.67. The van der Waals surface area contributed by atoms with E-state index in [0.29, 0.717) is 5.76 Å². The molecule has 0 radical (unpaired) electrons. The fourth-order valence-corrected chi connectivity index (χ4v) is 2.29. The Hall–Kier alpha value is -2.80. The highest BCUT2D eigenvalue weighted by molar-refractivity contribution is 5.87. The third-order valence-electron chi connectivity index (χ3n) is 3.67. The van der Waals surface area contributed by atoms with Crippen molar-refractivity contribution >= 4 is 12.0 Å². The van der Waals surface area contributed by atoms with Crippen LogP contribution in [-0.2, 0) is 17.7 Å². The summed E-state index contributed by atoms with van der Waals surface area (Å²) in [6.07, 6.45) is 0.776. The van der Waals surface area contributed by atoms with E-state index in [2.05, 4.69) is 10.6 Å². The van der Waals surface area contributed by atoms with Gasteiger partial charge in [-0.3, -0.25) is 0 Å². The van der Waals surface area contributed by atoms with Crippen LogP contribution in [0.4, 0.5) is 4.79 Å². The maximum Gasteiger partial charge on any atom is 0.335 e. The molecule has 7 heteroatoms. The van der Waals surface area contributed by atoms with E-state index in [0.717, 1.165) is 17.7 Å². The van der Waals surface area contributed by atoms with E-state index in [1.165, 1.54) is 12.1 Å². The molecule has 0 spiro atoms. The quantitative estimate of drug-likeness (QED) is 0.682. The van der Waals surface area contributed by atoms with Gasteiger partial charge in [0.25, 0.3) is 0 Å². The largest absolute Gasteiger partial charge is 0.478 e. The number of carboxylic acids is 1.